The second-order valence-electron chi connectivity index (χ2n) is 6.34. The maximum atomic E-state index is 12.3. The lowest BCUT2D eigenvalue weighted by Gasteiger charge is -2.12. The topological polar surface area (TPSA) is 87.0 Å². The Morgan fingerprint density at radius 1 is 1.00 bits per heavy atom. The minimum Gasteiger partial charge on any atom is -0.550 e. The van der Waals surface area contributed by atoms with Crippen molar-refractivity contribution in [1.29, 1.82) is 0 Å². The zero-order valence-corrected chi connectivity index (χ0v) is 15.2. The fourth-order valence-corrected chi connectivity index (χ4v) is 2.88. The number of rotatable bonds is 6. The van der Waals surface area contributed by atoms with Crippen molar-refractivity contribution >= 4 is 17.7 Å². The van der Waals surface area contributed by atoms with Crippen LogP contribution in [0.4, 0.5) is 5.82 Å². The number of carbonyl (C=O) groups is 2. The van der Waals surface area contributed by atoms with Gasteiger partial charge in [0.2, 0.25) is 5.91 Å². The molecule has 1 amide bonds. The van der Waals surface area contributed by atoms with Crippen LogP contribution in [0.1, 0.15) is 24.1 Å². The summed E-state index contributed by atoms with van der Waals surface area (Å²) in [5.41, 5.74) is 4.41. The minimum absolute atomic E-state index is 0.158. The maximum Gasteiger partial charge on any atom is 0.225 e. The van der Waals surface area contributed by atoms with Crippen LogP contribution in [0.25, 0.3) is 16.8 Å². The number of benzene rings is 2. The molecule has 0 saturated carbocycles. The fourth-order valence-electron chi connectivity index (χ4n) is 2.88. The monoisotopic (exact) mass is 362 g/mol. The molecule has 6 heteroatoms. The summed E-state index contributed by atoms with van der Waals surface area (Å²) in [7, 11) is 0. The lowest BCUT2D eigenvalue weighted by molar-refractivity contribution is -0.305. The Hall–Kier alpha value is -3.41. The van der Waals surface area contributed by atoms with Crippen LogP contribution in [0.15, 0.2) is 54.6 Å². The van der Waals surface area contributed by atoms with E-state index in [4.69, 9.17) is 0 Å². The van der Waals surface area contributed by atoms with E-state index in [0.29, 0.717) is 5.82 Å². The normalized spacial score (nSPS) is 10.6. The fraction of sp³-hybridized carbons (Fsp3) is 0.190. The molecule has 0 spiro atoms. The van der Waals surface area contributed by atoms with E-state index in [1.165, 1.54) is 0 Å². The number of anilines is 1. The van der Waals surface area contributed by atoms with Gasteiger partial charge in [0, 0.05) is 18.0 Å². The highest BCUT2D eigenvalue weighted by atomic mass is 16.4. The van der Waals surface area contributed by atoms with Crippen molar-refractivity contribution in [2.75, 3.05) is 5.32 Å². The van der Waals surface area contributed by atoms with Crippen molar-refractivity contribution in [3.05, 3.63) is 65.9 Å². The molecular weight excluding hydrogens is 342 g/mol. The molecule has 0 bridgehead atoms. The molecule has 1 aromatic heterocycles. The Bertz CT molecular complexity index is 960. The average molecular weight is 362 g/mol. The van der Waals surface area contributed by atoms with Gasteiger partial charge in [0.1, 0.15) is 5.82 Å². The van der Waals surface area contributed by atoms with Crippen LogP contribution in [0.2, 0.25) is 0 Å². The number of nitrogens with one attached hydrogen (secondary N) is 1. The largest absolute Gasteiger partial charge is 0.550 e. The Kier molecular flexibility index (Phi) is 5.35. The highest BCUT2D eigenvalue weighted by Gasteiger charge is 2.20. The molecule has 0 atom stereocenters. The van der Waals surface area contributed by atoms with E-state index in [1.54, 1.807) is 4.68 Å². The van der Waals surface area contributed by atoms with Gasteiger partial charge < -0.3 is 15.2 Å². The first-order valence-corrected chi connectivity index (χ1v) is 8.67. The molecule has 0 fully saturated rings. The lowest BCUT2D eigenvalue weighted by atomic mass is 10.1. The summed E-state index contributed by atoms with van der Waals surface area (Å²) in [4.78, 5) is 23.0. The number of hydrogen-bond acceptors (Lipinski definition) is 4. The van der Waals surface area contributed by atoms with Crippen molar-refractivity contribution in [3.63, 3.8) is 0 Å². The zero-order chi connectivity index (χ0) is 19.4. The second kappa shape index (κ2) is 7.86. The van der Waals surface area contributed by atoms with Gasteiger partial charge >= 0.3 is 0 Å². The standard InChI is InChI=1S/C21H21N3O3/c1-14-8-10-17(11-9-14)24-21(22-18(25)12-13-19(26)27)20(15(2)23-24)16-6-4-3-5-7-16/h3-11H,12-13H2,1-2H3,(H,22,25)(H,26,27)/p-1. The van der Waals surface area contributed by atoms with E-state index >= 15 is 0 Å². The lowest BCUT2D eigenvalue weighted by Crippen LogP contribution is -2.24. The van der Waals surface area contributed by atoms with Crippen LogP contribution in [-0.4, -0.2) is 21.7 Å². The predicted octanol–water partition coefficient (Wildman–Crippen LogP) is 2.62. The molecule has 27 heavy (non-hydrogen) atoms. The molecule has 1 heterocycles. The van der Waals surface area contributed by atoms with Crippen molar-refractivity contribution in [3.8, 4) is 16.8 Å². The number of amides is 1. The highest BCUT2D eigenvalue weighted by Crippen LogP contribution is 2.33. The van der Waals surface area contributed by atoms with E-state index < -0.39 is 11.9 Å². The third-order valence-corrected chi connectivity index (χ3v) is 4.22. The quantitative estimate of drug-likeness (QED) is 0.730. The van der Waals surface area contributed by atoms with Gasteiger partial charge in [0.15, 0.2) is 0 Å². The van der Waals surface area contributed by atoms with Gasteiger partial charge in [-0.1, -0.05) is 48.0 Å². The number of carboxylic acid groups (broad SMARTS) is 1. The van der Waals surface area contributed by atoms with Crippen LogP contribution in [0.5, 0.6) is 0 Å². The third kappa shape index (κ3) is 4.23. The summed E-state index contributed by atoms with van der Waals surface area (Å²) >= 11 is 0. The van der Waals surface area contributed by atoms with Crippen LogP contribution in [0.3, 0.4) is 0 Å². The van der Waals surface area contributed by atoms with Gasteiger partial charge in [-0.3, -0.25) is 4.79 Å². The number of hydrogen-bond donors (Lipinski definition) is 1. The predicted molar refractivity (Wildman–Crippen MR) is 101 cm³/mol. The van der Waals surface area contributed by atoms with Crippen molar-refractivity contribution < 1.29 is 14.7 Å². The molecule has 0 aliphatic heterocycles. The van der Waals surface area contributed by atoms with E-state index in [0.717, 1.165) is 28.1 Å². The molecule has 0 saturated heterocycles. The van der Waals surface area contributed by atoms with Crippen LogP contribution < -0.4 is 10.4 Å². The van der Waals surface area contributed by atoms with Gasteiger partial charge in [-0.15, -0.1) is 0 Å². The molecule has 3 rings (SSSR count). The summed E-state index contributed by atoms with van der Waals surface area (Å²) < 4.78 is 1.67. The Balaban J connectivity index is 2.07. The smallest absolute Gasteiger partial charge is 0.225 e. The number of aryl methyl sites for hydroxylation is 2. The number of nitrogens with zero attached hydrogens (tertiary/aromatic N) is 2. The van der Waals surface area contributed by atoms with E-state index in [2.05, 4.69) is 10.4 Å². The van der Waals surface area contributed by atoms with Crippen LogP contribution in [-0.2, 0) is 9.59 Å². The van der Waals surface area contributed by atoms with Crippen LogP contribution in [0, 0.1) is 13.8 Å². The van der Waals surface area contributed by atoms with Gasteiger partial charge in [-0.05, 0) is 38.0 Å². The van der Waals surface area contributed by atoms with Crippen molar-refractivity contribution in [2.24, 2.45) is 0 Å². The van der Waals surface area contributed by atoms with Gasteiger partial charge in [0.05, 0.1) is 11.4 Å². The zero-order valence-electron chi connectivity index (χ0n) is 15.2. The van der Waals surface area contributed by atoms with E-state index in [1.807, 2.05) is 68.4 Å². The first kappa shape index (κ1) is 18.4. The number of carboxylic acids is 1. The summed E-state index contributed by atoms with van der Waals surface area (Å²) in [6, 6.07) is 17.4. The average Bonchev–Trinajstić information content (AvgIpc) is 2.97. The number of aromatic nitrogens is 2. The van der Waals surface area contributed by atoms with Crippen LogP contribution >= 0.6 is 0 Å². The number of aliphatic carboxylic acids is 1. The van der Waals surface area contributed by atoms with Gasteiger partial charge in [0.25, 0.3) is 0 Å². The van der Waals surface area contributed by atoms with E-state index in [9.17, 15) is 14.7 Å². The van der Waals surface area contributed by atoms with Gasteiger partial charge in [-0.2, -0.15) is 5.10 Å². The summed E-state index contributed by atoms with van der Waals surface area (Å²) in [6.45, 7) is 3.87. The molecule has 1 N–H and O–H groups in total. The molecule has 0 aliphatic rings. The Labute approximate surface area is 157 Å². The highest BCUT2D eigenvalue weighted by molar-refractivity contribution is 5.96. The first-order chi connectivity index (χ1) is 13.0. The molecule has 0 aliphatic carbocycles. The van der Waals surface area contributed by atoms with E-state index in [-0.39, 0.29) is 12.8 Å². The summed E-state index contributed by atoms with van der Waals surface area (Å²) in [5, 5.41) is 18.1. The Morgan fingerprint density at radius 2 is 1.67 bits per heavy atom. The van der Waals surface area contributed by atoms with Gasteiger partial charge in [-0.25, -0.2) is 4.68 Å². The molecule has 0 unspecified atom stereocenters. The molecule has 138 valence electrons. The molecule has 6 nitrogen and oxygen atoms in total. The minimum atomic E-state index is -1.25. The molecular formula is C21H20N3O3-. The maximum absolute atomic E-state index is 12.3. The van der Waals surface area contributed by atoms with Crippen molar-refractivity contribution in [2.45, 2.75) is 26.7 Å². The first-order valence-electron chi connectivity index (χ1n) is 8.67. The Morgan fingerprint density at radius 3 is 2.30 bits per heavy atom. The molecule has 3 aromatic rings. The summed E-state index contributed by atoms with van der Waals surface area (Å²) in [5.74, 6) is -1.13. The molecule has 0 radical (unpaired) electrons. The SMILES string of the molecule is Cc1ccc(-n2nc(C)c(-c3ccccc3)c2NC(=O)CCC(=O)[O-])cc1. The second-order valence-corrected chi connectivity index (χ2v) is 6.34. The number of carbonyl (C=O) groups excluding carboxylic acids is 2. The van der Waals surface area contributed by atoms with Crippen molar-refractivity contribution in [1.82, 2.24) is 9.78 Å². The summed E-state index contributed by atoms with van der Waals surface area (Å²) in [6.07, 6.45) is -0.487. The third-order valence-electron chi connectivity index (χ3n) is 4.22. The molecule has 2 aromatic carbocycles.